The van der Waals surface area contributed by atoms with E-state index >= 15 is 0 Å². The molecule has 1 saturated carbocycles. The van der Waals surface area contributed by atoms with E-state index in [4.69, 9.17) is 4.74 Å². The molecular formula is C11H20F3NO. The minimum atomic E-state index is -4.21. The molecule has 0 spiro atoms. The summed E-state index contributed by atoms with van der Waals surface area (Å²) in [5.74, 6) is 0.202. The molecule has 1 aliphatic rings. The van der Waals surface area contributed by atoms with Crippen LogP contribution in [0.1, 0.15) is 32.6 Å². The Morgan fingerprint density at radius 1 is 1.38 bits per heavy atom. The van der Waals surface area contributed by atoms with Crippen molar-refractivity contribution in [1.82, 2.24) is 5.32 Å². The van der Waals surface area contributed by atoms with Crippen LogP contribution in [0.2, 0.25) is 0 Å². The number of ether oxygens (including phenoxy) is 1. The summed E-state index contributed by atoms with van der Waals surface area (Å²) >= 11 is 0. The monoisotopic (exact) mass is 239 g/mol. The standard InChI is InChI=1S/C11H20F3NO/c1-2-3-9(6-15-10-4-5-10)7-16-8-11(12,13)14/h9-10,15H,2-8H2,1H3. The lowest BCUT2D eigenvalue weighted by molar-refractivity contribution is -0.176. The highest BCUT2D eigenvalue weighted by atomic mass is 19.4. The van der Waals surface area contributed by atoms with Crippen molar-refractivity contribution in [3.8, 4) is 0 Å². The molecule has 0 radical (unpaired) electrons. The van der Waals surface area contributed by atoms with E-state index in [1.54, 1.807) is 0 Å². The van der Waals surface area contributed by atoms with Crippen LogP contribution in [-0.2, 0) is 4.74 Å². The van der Waals surface area contributed by atoms with Crippen LogP contribution in [0.25, 0.3) is 0 Å². The molecule has 1 unspecified atom stereocenters. The highest BCUT2D eigenvalue weighted by Crippen LogP contribution is 2.20. The number of alkyl halides is 3. The van der Waals surface area contributed by atoms with E-state index in [0.717, 1.165) is 19.4 Å². The highest BCUT2D eigenvalue weighted by Gasteiger charge is 2.28. The molecular weight excluding hydrogens is 219 g/mol. The summed E-state index contributed by atoms with van der Waals surface area (Å²) in [6.45, 7) is 1.88. The van der Waals surface area contributed by atoms with Crippen molar-refractivity contribution in [1.29, 1.82) is 0 Å². The summed E-state index contributed by atoms with van der Waals surface area (Å²) in [5, 5.41) is 3.33. The van der Waals surface area contributed by atoms with Gasteiger partial charge < -0.3 is 10.1 Å². The van der Waals surface area contributed by atoms with Crippen molar-refractivity contribution < 1.29 is 17.9 Å². The van der Waals surface area contributed by atoms with Crippen LogP contribution >= 0.6 is 0 Å². The Morgan fingerprint density at radius 3 is 2.56 bits per heavy atom. The number of rotatable bonds is 8. The normalized spacial score (nSPS) is 18.8. The summed E-state index contributed by atoms with van der Waals surface area (Å²) in [6.07, 6.45) is 0.0785. The molecule has 0 saturated heterocycles. The summed E-state index contributed by atoms with van der Waals surface area (Å²) in [4.78, 5) is 0. The van der Waals surface area contributed by atoms with E-state index in [9.17, 15) is 13.2 Å². The topological polar surface area (TPSA) is 21.3 Å². The number of hydrogen-bond acceptors (Lipinski definition) is 2. The molecule has 96 valence electrons. The lowest BCUT2D eigenvalue weighted by atomic mass is 10.1. The quantitative estimate of drug-likeness (QED) is 0.703. The van der Waals surface area contributed by atoms with Crippen molar-refractivity contribution in [3.63, 3.8) is 0 Å². The van der Waals surface area contributed by atoms with Gasteiger partial charge in [-0.15, -0.1) is 0 Å². The van der Waals surface area contributed by atoms with Gasteiger partial charge in [0, 0.05) is 12.6 Å². The molecule has 1 aliphatic carbocycles. The lowest BCUT2D eigenvalue weighted by Gasteiger charge is -2.17. The van der Waals surface area contributed by atoms with E-state index in [-0.39, 0.29) is 12.5 Å². The minimum absolute atomic E-state index is 0.201. The zero-order valence-corrected chi connectivity index (χ0v) is 9.65. The van der Waals surface area contributed by atoms with Gasteiger partial charge in [-0.25, -0.2) is 0 Å². The fourth-order valence-electron chi connectivity index (χ4n) is 1.61. The zero-order chi connectivity index (χ0) is 12.0. The van der Waals surface area contributed by atoms with Gasteiger partial charge in [-0.05, 0) is 25.2 Å². The minimum Gasteiger partial charge on any atom is -0.372 e. The molecule has 0 amide bonds. The molecule has 0 aromatic rings. The smallest absolute Gasteiger partial charge is 0.372 e. The van der Waals surface area contributed by atoms with Gasteiger partial charge in [-0.3, -0.25) is 0 Å². The van der Waals surface area contributed by atoms with Crippen molar-refractivity contribution in [2.75, 3.05) is 19.8 Å². The van der Waals surface area contributed by atoms with Crippen LogP contribution in [0.3, 0.4) is 0 Å². The van der Waals surface area contributed by atoms with E-state index in [2.05, 4.69) is 5.32 Å². The maximum Gasteiger partial charge on any atom is 0.411 e. The second-order valence-electron chi connectivity index (χ2n) is 4.47. The summed E-state index contributed by atoms with van der Waals surface area (Å²) in [6, 6.07) is 0.599. The summed E-state index contributed by atoms with van der Waals surface area (Å²) in [7, 11) is 0. The molecule has 1 N–H and O–H groups in total. The van der Waals surface area contributed by atoms with Crippen molar-refractivity contribution >= 4 is 0 Å². The number of halogens is 3. The number of hydrogen-bond donors (Lipinski definition) is 1. The van der Waals surface area contributed by atoms with Crippen molar-refractivity contribution in [2.24, 2.45) is 5.92 Å². The Hall–Kier alpha value is -0.290. The highest BCUT2D eigenvalue weighted by molar-refractivity contribution is 4.81. The average molecular weight is 239 g/mol. The molecule has 1 fully saturated rings. The fraction of sp³-hybridized carbons (Fsp3) is 1.00. The van der Waals surface area contributed by atoms with Crippen LogP contribution in [0, 0.1) is 5.92 Å². The van der Waals surface area contributed by atoms with Gasteiger partial charge in [0.2, 0.25) is 0 Å². The molecule has 0 aromatic heterocycles. The first-order valence-corrected chi connectivity index (χ1v) is 5.89. The zero-order valence-electron chi connectivity index (χ0n) is 9.65. The van der Waals surface area contributed by atoms with Gasteiger partial charge >= 0.3 is 6.18 Å². The van der Waals surface area contributed by atoms with Gasteiger partial charge in [0.1, 0.15) is 6.61 Å². The third kappa shape index (κ3) is 7.06. The summed E-state index contributed by atoms with van der Waals surface area (Å²) in [5.41, 5.74) is 0. The predicted octanol–water partition coefficient (Wildman–Crippen LogP) is 2.73. The van der Waals surface area contributed by atoms with E-state index in [0.29, 0.717) is 6.04 Å². The fourth-order valence-corrected chi connectivity index (χ4v) is 1.61. The van der Waals surface area contributed by atoms with Gasteiger partial charge in [0.25, 0.3) is 0 Å². The Bertz CT molecular complexity index is 192. The van der Waals surface area contributed by atoms with Gasteiger partial charge in [0.15, 0.2) is 0 Å². The first kappa shape index (κ1) is 13.8. The SMILES string of the molecule is CCCC(CNC1CC1)COCC(F)(F)F. The average Bonchev–Trinajstić information content (AvgIpc) is 2.95. The molecule has 0 aromatic carbocycles. The van der Waals surface area contributed by atoms with Gasteiger partial charge in [-0.1, -0.05) is 13.3 Å². The summed E-state index contributed by atoms with van der Waals surface area (Å²) < 4.78 is 40.3. The van der Waals surface area contributed by atoms with Crippen LogP contribution in [0.4, 0.5) is 13.2 Å². The molecule has 0 bridgehead atoms. The first-order chi connectivity index (χ1) is 7.51. The van der Waals surface area contributed by atoms with Crippen molar-refractivity contribution in [2.45, 2.75) is 44.8 Å². The van der Waals surface area contributed by atoms with Gasteiger partial charge in [0.05, 0.1) is 6.61 Å². The first-order valence-electron chi connectivity index (χ1n) is 5.89. The molecule has 16 heavy (non-hydrogen) atoms. The third-order valence-electron chi connectivity index (χ3n) is 2.59. The maximum atomic E-state index is 11.9. The third-order valence-corrected chi connectivity index (χ3v) is 2.59. The van der Waals surface area contributed by atoms with Crippen LogP contribution in [-0.4, -0.2) is 32.0 Å². The molecule has 1 rings (SSSR count). The second kappa shape index (κ2) is 6.45. The molecule has 0 heterocycles. The molecule has 1 atom stereocenters. The molecule has 2 nitrogen and oxygen atoms in total. The lowest BCUT2D eigenvalue weighted by Crippen LogP contribution is -2.29. The Morgan fingerprint density at radius 2 is 2.06 bits per heavy atom. The Balaban J connectivity index is 2.10. The second-order valence-corrected chi connectivity index (χ2v) is 4.47. The van der Waals surface area contributed by atoms with Crippen LogP contribution in [0.15, 0.2) is 0 Å². The Kier molecular flexibility index (Phi) is 5.55. The largest absolute Gasteiger partial charge is 0.411 e. The molecule has 0 aliphatic heterocycles. The maximum absolute atomic E-state index is 11.9. The van der Waals surface area contributed by atoms with E-state index < -0.39 is 12.8 Å². The predicted molar refractivity (Wildman–Crippen MR) is 56.3 cm³/mol. The number of nitrogens with one attached hydrogen (secondary N) is 1. The van der Waals surface area contributed by atoms with Gasteiger partial charge in [-0.2, -0.15) is 13.2 Å². The van der Waals surface area contributed by atoms with E-state index in [1.165, 1.54) is 12.8 Å². The van der Waals surface area contributed by atoms with Crippen LogP contribution in [0.5, 0.6) is 0 Å². The molecule has 5 heteroatoms. The van der Waals surface area contributed by atoms with Crippen LogP contribution < -0.4 is 5.32 Å². The Labute approximate surface area is 94.5 Å². The van der Waals surface area contributed by atoms with E-state index in [1.807, 2.05) is 6.92 Å². The van der Waals surface area contributed by atoms with Crippen molar-refractivity contribution in [3.05, 3.63) is 0 Å².